The molecule has 0 bridgehead atoms. The summed E-state index contributed by atoms with van der Waals surface area (Å²) in [7, 11) is 1.44. The molecule has 2 rings (SSSR count). The van der Waals surface area contributed by atoms with Gasteiger partial charge in [0.05, 0.1) is 10.9 Å². The van der Waals surface area contributed by atoms with Gasteiger partial charge in [0.1, 0.15) is 0 Å². The maximum atomic E-state index is 12.7. The molecule has 0 unspecified atom stereocenters. The van der Waals surface area contributed by atoms with Crippen LogP contribution in [-0.2, 0) is 13.2 Å². The second-order valence-electron chi connectivity index (χ2n) is 3.51. The average Bonchev–Trinajstić information content (AvgIpc) is 2.40. The third-order valence-electron chi connectivity index (χ3n) is 2.25. The molecule has 0 radical (unpaired) electrons. The first kappa shape index (κ1) is 10.7. The lowest BCUT2D eigenvalue weighted by molar-refractivity contribution is -0.136. The summed E-state index contributed by atoms with van der Waals surface area (Å²) in [6.45, 7) is 1.45. The highest BCUT2D eigenvalue weighted by molar-refractivity contribution is 5.79. The van der Waals surface area contributed by atoms with E-state index in [1.165, 1.54) is 18.7 Å². The largest absolute Gasteiger partial charge is 0.417 e. The standard InChI is InChI=1S/C9H8F3N3O/c1-4-3-5(9(10,11)12)6-7(13-4)15(2)14-8(6)16/h3H,1-2H3,(H,14,16). The predicted octanol–water partition coefficient (Wildman–Crippen LogP) is 1.59. The van der Waals surface area contributed by atoms with E-state index < -0.39 is 22.7 Å². The molecule has 0 saturated heterocycles. The van der Waals surface area contributed by atoms with E-state index in [4.69, 9.17) is 0 Å². The monoisotopic (exact) mass is 231 g/mol. The van der Waals surface area contributed by atoms with E-state index in [0.29, 0.717) is 0 Å². The SMILES string of the molecule is Cc1cc(C(F)(F)F)c2c(=O)[nH]n(C)c2n1. The number of halogens is 3. The van der Waals surface area contributed by atoms with Gasteiger partial charge in [-0.15, -0.1) is 0 Å². The van der Waals surface area contributed by atoms with Crippen LogP contribution >= 0.6 is 0 Å². The van der Waals surface area contributed by atoms with E-state index in [1.807, 2.05) is 0 Å². The summed E-state index contributed by atoms with van der Waals surface area (Å²) in [5.41, 5.74) is -1.50. The third kappa shape index (κ3) is 1.48. The predicted molar refractivity (Wildman–Crippen MR) is 51.1 cm³/mol. The maximum Gasteiger partial charge on any atom is 0.417 e. The zero-order valence-corrected chi connectivity index (χ0v) is 8.51. The van der Waals surface area contributed by atoms with Crippen molar-refractivity contribution in [2.24, 2.45) is 7.05 Å². The van der Waals surface area contributed by atoms with Gasteiger partial charge in [-0.1, -0.05) is 0 Å². The molecule has 0 amide bonds. The quantitative estimate of drug-likeness (QED) is 0.748. The van der Waals surface area contributed by atoms with Crippen LogP contribution in [0.4, 0.5) is 13.2 Å². The van der Waals surface area contributed by atoms with Crippen molar-refractivity contribution in [3.63, 3.8) is 0 Å². The number of alkyl halides is 3. The Morgan fingerprint density at radius 1 is 1.44 bits per heavy atom. The summed E-state index contributed by atoms with van der Waals surface area (Å²) in [5, 5.41) is 1.84. The molecular weight excluding hydrogens is 223 g/mol. The van der Waals surface area contributed by atoms with Crippen LogP contribution in [0.25, 0.3) is 11.0 Å². The number of fused-ring (bicyclic) bond motifs is 1. The molecule has 2 heterocycles. The lowest BCUT2D eigenvalue weighted by atomic mass is 10.1. The number of hydrogen-bond donors (Lipinski definition) is 1. The minimum absolute atomic E-state index is 0.0114. The summed E-state index contributed by atoms with van der Waals surface area (Å²) in [6.07, 6.45) is -4.56. The molecule has 7 heteroatoms. The van der Waals surface area contributed by atoms with Crippen LogP contribution in [0.15, 0.2) is 10.9 Å². The number of nitrogens with zero attached hydrogens (tertiary/aromatic N) is 2. The number of aromatic nitrogens is 3. The van der Waals surface area contributed by atoms with Gasteiger partial charge in [0.25, 0.3) is 5.56 Å². The van der Waals surface area contributed by atoms with Gasteiger partial charge in [0.15, 0.2) is 5.65 Å². The van der Waals surface area contributed by atoms with Crippen LogP contribution in [0.5, 0.6) is 0 Å². The van der Waals surface area contributed by atoms with Gasteiger partial charge in [-0.25, -0.2) is 4.98 Å². The molecule has 16 heavy (non-hydrogen) atoms. The van der Waals surface area contributed by atoms with Crippen molar-refractivity contribution in [3.8, 4) is 0 Å². The molecule has 0 aliphatic heterocycles. The Kier molecular flexibility index (Phi) is 2.08. The van der Waals surface area contributed by atoms with Gasteiger partial charge in [-0.05, 0) is 13.0 Å². The minimum Gasteiger partial charge on any atom is -0.270 e. The summed E-state index contributed by atoms with van der Waals surface area (Å²) in [6, 6.07) is 0.873. The number of hydrogen-bond acceptors (Lipinski definition) is 2. The van der Waals surface area contributed by atoms with E-state index in [2.05, 4.69) is 10.1 Å². The van der Waals surface area contributed by atoms with Gasteiger partial charge < -0.3 is 0 Å². The number of pyridine rings is 1. The van der Waals surface area contributed by atoms with Gasteiger partial charge in [-0.3, -0.25) is 14.6 Å². The number of aromatic amines is 1. The Labute approximate surface area is 87.7 Å². The maximum absolute atomic E-state index is 12.7. The molecule has 0 fully saturated rings. The Bertz CT molecular complexity index is 609. The van der Waals surface area contributed by atoms with Gasteiger partial charge >= 0.3 is 6.18 Å². The lowest BCUT2D eigenvalue weighted by Gasteiger charge is -2.08. The van der Waals surface area contributed by atoms with Crippen molar-refractivity contribution >= 4 is 11.0 Å². The van der Waals surface area contributed by atoms with Crippen LogP contribution in [0.1, 0.15) is 11.3 Å². The van der Waals surface area contributed by atoms with Crippen molar-refractivity contribution in [3.05, 3.63) is 27.7 Å². The van der Waals surface area contributed by atoms with Crippen LogP contribution in [-0.4, -0.2) is 14.8 Å². The number of nitrogens with one attached hydrogen (secondary N) is 1. The first-order chi connectivity index (χ1) is 7.30. The molecule has 0 aliphatic carbocycles. The van der Waals surface area contributed by atoms with Crippen LogP contribution in [0.2, 0.25) is 0 Å². The van der Waals surface area contributed by atoms with Crippen LogP contribution in [0.3, 0.4) is 0 Å². The minimum atomic E-state index is -4.56. The molecule has 1 N–H and O–H groups in total. The van der Waals surface area contributed by atoms with E-state index in [-0.39, 0.29) is 11.3 Å². The molecule has 0 saturated carbocycles. The van der Waals surface area contributed by atoms with E-state index in [0.717, 1.165) is 6.07 Å². The van der Waals surface area contributed by atoms with Crippen molar-refractivity contribution in [1.29, 1.82) is 0 Å². The van der Waals surface area contributed by atoms with Gasteiger partial charge in [-0.2, -0.15) is 13.2 Å². The Balaban J connectivity index is 2.98. The first-order valence-corrected chi connectivity index (χ1v) is 4.44. The topological polar surface area (TPSA) is 50.7 Å². The highest BCUT2D eigenvalue weighted by atomic mass is 19.4. The number of aryl methyl sites for hydroxylation is 2. The highest BCUT2D eigenvalue weighted by Crippen LogP contribution is 2.33. The zero-order valence-electron chi connectivity index (χ0n) is 8.51. The van der Waals surface area contributed by atoms with E-state index in [9.17, 15) is 18.0 Å². The molecule has 2 aromatic rings. The van der Waals surface area contributed by atoms with Crippen molar-refractivity contribution < 1.29 is 13.2 Å². The fraction of sp³-hybridized carbons (Fsp3) is 0.333. The lowest BCUT2D eigenvalue weighted by Crippen LogP contribution is -2.11. The number of H-pyrrole nitrogens is 1. The van der Waals surface area contributed by atoms with Crippen LogP contribution in [0, 0.1) is 6.92 Å². The third-order valence-corrected chi connectivity index (χ3v) is 2.25. The van der Waals surface area contributed by atoms with Crippen molar-refractivity contribution in [1.82, 2.24) is 14.8 Å². The fourth-order valence-corrected chi connectivity index (χ4v) is 1.61. The summed E-state index contributed by atoms with van der Waals surface area (Å²) in [4.78, 5) is 15.3. The van der Waals surface area contributed by atoms with Crippen molar-refractivity contribution in [2.45, 2.75) is 13.1 Å². The van der Waals surface area contributed by atoms with Crippen LogP contribution < -0.4 is 5.56 Å². The van der Waals surface area contributed by atoms with Crippen molar-refractivity contribution in [2.75, 3.05) is 0 Å². The fourth-order valence-electron chi connectivity index (χ4n) is 1.61. The highest BCUT2D eigenvalue weighted by Gasteiger charge is 2.35. The molecule has 0 aliphatic rings. The molecule has 0 spiro atoms. The second kappa shape index (κ2) is 3.10. The number of rotatable bonds is 0. The molecule has 4 nitrogen and oxygen atoms in total. The Morgan fingerprint density at radius 3 is 2.62 bits per heavy atom. The summed E-state index contributed by atoms with van der Waals surface area (Å²) >= 11 is 0. The molecular formula is C9H8F3N3O. The van der Waals surface area contributed by atoms with E-state index >= 15 is 0 Å². The normalized spacial score (nSPS) is 12.3. The molecule has 86 valence electrons. The van der Waals surface area contributed by atoms with E-state index in [1.54, 1.807) is 0 Å². The van der Waals surface area contributed by atoms with Gasteiger partial charge in [0, 0.05) is 12.7 Å². The molecule has 0 atom stereocenters. The van der Waals surface area contributed by atoms with Gasteiger partial charge in [0.2, 0.25) is 0 Å². The Hall–Kier alpha value is -1.79. The summed E-state index contributed by atoms with van der Waals surface area (Å²) in [5.74, 6) is 0. The Morgan fingerprint density at radius 2 is 2.06 bits per heavy atom. The first-order valence-electron chi connectivity index (χ1n) is 4.44. The molecule has 2 aromatic heterocycles. The second-order valence-corrected chi connectivity index (χ2v) is 3.51. The average molecular weight is 231 g/mol. The molecule has 0 aromatic carbocycles. The smallest absolute Gasteiger partial charge is 0.270 e. The zero-order chi connectivity index (χ0) is 12.1. The summed E-state index contributed by atoms with van der Waals surface area (Å²) < 4.78 is 39.3.